The molecule has 218 valence electrons. The number of rotatable bonds is 14. The normalized spacial score (nSPS) is 12.7. The van der Waals surface area contributed by atoms with Gasteiger partial charge in [0.2, 0.25) is 17.7 Å². The lowest BCUT2D eigenvalue weighted by Gasteiger charge is -2.37. The average molecular weight is 549 g/mol. The van der Waals surface area contributed by atoms with Crippen LogP contribution in [-0.2, 0) is 35.1 Å². The summed E-state index contributed by atoms with van der Waals surface area (Å²) < 4.78 is 10.2. The molecule has 1 aromatic rings. The summed E-state index contributed by atoms with van der Waals surface area (Å²) in [6, 6.07) is 4.55. The minimum Gasteiger partial charge on any atom is -0.466 e. The van der Waals surface area contributed by atoms with Gasteiger partial charge in [-0.25, -0.2) is 4.79 Å². The van der Waals surface area contributed by atoms with Gasteiger partial charge in [-0.3, -0.25) is 19.2 Å². The number of nitrogens with one attached hydrogen (secondary N) is 2. The maximum absolute atomic E-state index is 14.0. The highest BCUT2D eigenvalue weighted by molar-refractivity contribution is 5.92. The Morgan fingerprint density at radius 1 is 1.00 bits per heavy atom. The standard InChI is InChI=1S/C28H44N4O7/c1-8-19-10-12-20(13-11-19)24(25(35)30-17-16-23(34)38-9-2)32(18(3)4)26(36)21(14-15-22(29)33)31-27(37)39-28(5,6)7/h10-13,18,21,24H,8-9,14-17H2,1-7H3,(H2,29,33)(H,30,35)(H,31,37). The molecule has 0 aliphatic heterocycles. The quantitative estimate of drug-likeness (QED) is 0.302. The fraction of sp³-hybridized carbons (Fsp3) is 0.607. The number of hydrogen-bond acceptors (Lipinski definition) is 7. The van der Waals surface area contributed by atoms with Gasteiger partial charge < -0.3 is 30.7 Å². The van der Waals surface area contributed by atoms with Crippen molar-refractivity contribution >= 4 is 29.8 Å². The highest BCUT2D eigenvalue weighted by atomic mass is 16.6. The Hall–Kier alpha value is -3.63. The molecule has 0 aromatic heterocycles. The van der Waals surface area contributed by atoms with E-state index in [4.69, 9.17) is 15.2 Å². The van der Waals surface area contributed by atoms with Gasteiger partial charge in [0, 0.05) is 19.0 Å². The van der Waals surface area contributed by atoms with Crippen molar-refractivity contribution in [3.63, 3.8) is 0 Å². The van der Waals surface area contributed by atoms with Crippen molar-refractivity contribution in [2.45, 2.75) is 97.9 Å². The molecule has 0 bridgehead atoms. The summed E-state index contributed by atoms with van der Waals surface area (Å²) in [6.07, 6.45) is -0.323. The van der Waals surface area contributed by atoms with Crippen molar-refractivity contribution in [2.75, 3.05) is 13.2 Å². The summed E-state index contributed by atoms with van der Waals surface area (Å²) in [5, 5.41) is 5.28. The molecule has 0 aliphatic carbocycles. The van der Waals surface area contributed by atoms with E-state index in [1.54, 1.807) is 53.7 Å². The van der Waals surface area contributed by atoms with E-state index in [0.29, 0.717) is 5.56 Å². The van der Waals surface area contributed by atoms with Gasteiger partial charge in [0.15, 0.2) is 0 Å². The molecule has 1 aromatic carbocycles. The number of carbonyl (C=O) groups excluding carboxylic acids is 5. The van der Waals surface area contributed by atoms with E-state index in [1.165, 1.54) is 4.90 Å². The summed E-state index contributed by atoms with van der Waals surface area (Å²) in [6.45, 7) is 12.5. The number of alkyl carbamates (subject to hydrolysis) is 1. The molecule has 0 fully saturated rings. The number of esters is 1. The van der Waals surface area contributed by atoms with Gasteiger partial charge in [-0.1, -0.05) is 31.2 Å². The monoisotopic (exact) mass is 548 g/mol. The number of aryl methyl sites for hydroxylation is 1. The molecular weight excluding hydrogens is 504 g/mol. The summed E-state index contributed by atoms with van der Waals surface area (Å²) >= 11 is 0. The highest BCUT2D eigenvalue weighted by Gasteiger charge is 2.37. The average Bonchev–Trinajstić information content (AvgIpc) is 2.83. The predicted molar refractivity (Wildman–Crippen MR) is 146 cm³/mol. The Kier molecular flexibility index (Phi) is 13.4. The van der Waals surface area contributed by atoms with Crippen LogP contribution in [0.5, 0.6) is 0 Å². The van der Waals surface area contributed by atoms with Gasteiger partial charge in [-0.2, -0.15) is 0 Å². The van der Waals surface area contributed by atoms with Gasteiger partial charge in [0.1, 0.15) is 17.7 Å². The summed E-state index contributed by atoms with van der Waals surface area (Å²) in [7, 11) is 0. The van der Waals surface area contributed by atoms with Gasteiger partial charge in [-0.05, 0) is 65.5 Å². The maximum atomic E-state index is 14.0. The number of benzene rings is 1. The minimum atomic E-state index is -1.18. The van der Waals surface area contributed by atoms with Crippen molar-refractivity contribution in [3.8, 4) is 0 Å². The minimum absolute atomic E-state index is 0.0165. The van der Waals surface area contributed by atoms with Crippen LogP contribution >= 0.6 is 0 Å². The Balaban J connectivity index is 3.41. The molecule has 0 spiro atoms. The van der Waals surface area contributed by atoms with E-state index in [2.05, 4.69) is 10.6 Å². The number of amides is 4. The van der Waals surface area contributed by atoms with Crippen LogP contribution < -0.4 is 16.4 Å². The van der Waals surface area contributed by atoms with Crippen LogP contribution in [0.1, 0.15) is 84.9 Å². The van der Waals surface area contributed by atoms with Gasteiger partial charge in [0.25, 0.3) is 0 Å². The zero-order valence-corrected chi connectivity index (χ0v) is 24.2. The maximum Gasteiger partial charge on any atom is 0.408 e. The number of nitrogens with two attached hydrogens (primary N) is 1. The number of carbonyl (C=O) groups is 5. The smallest absolute Gasteiger partial charge is 0.408 e. The molecule has 11 nitrogen and oxygen atoms in total. The van der Waals surface area contributed by atoms with Gasteiger partial charge in [-0.15, -0.1) is 0 Å². The van der Waals surface area contributed by atoms with Gasteiger partial charge in [0.05, 0.1) is 13.0 Å². The number of hydrogen-bond donors (Lipinski definition) is 3. The number of primary amides is 1. The van der Waals surface area contributed by atoms with Crippen molar-refractivity contribution in [1.82, 2.24) is 15.5 Å². The van der Waals surface area contributed by atoms with Crippen molar-refractivity contribution < 1.29 is 33.4 Å². The van der Waals surface area contributed by atoms with Crippen LogP contribution in [0.4, 0.5) is 4.79 Å². The molecule has 11 heteroatoms. The second-order valence-corrected chi connectivity index (χ2v) is 10.4. The molecule has 1 rings (SSSR count). The van der Waals surface area contributed by atoms with E-state index in [-0.39, 0.29) is 32.4 Å². The van der Waals surface area contributed by atoms with E-state index in [1.807, 2.05) is 19.1 Å². The fourth-order valence-electron chi connectivity index (χ4n) is 3.85. The van der Waals surface area contributed by atoms with Gasteiger partial charge >= 0.3 is 12.1 Å². The van der Waals surface area contributed by atoms with E-state index < -0.39 is 53.5 Å². The van der Waals surface area contributed by atoms with Crippen LogP contribution in [0.25, 0.3) is 0 Å². The second kappa shape index (κ2) is 15.7. The molecule has 2 unspecified atom stereocenters. The Morgan fingerprint density at radius 2 is 1.62 bits per heavy atom. The largest absolute Gasteiger partial charge is 0.466 e. The Bertz CT molecular complexity index is 987. The molecule has 0 saturated carbocycles. The molecule has 2 atom stereocenters. The van der Waals surface area contributed by atoms with Crippen LogP contribution in [0.15, 0.2) is 24.3 Å². The van der Waals surface area contributed by atoms with Crippen molar-refractivity contribution in [2.24, 2.45) is 5.73 Å². The van der Waals surface area contributed by atoms with Crippen LogP contribution in [-0.4, -0.2) is 65.5 Å². The van der Waals surface area contributed by atoms with E-state index in [9.17, 15) is 24.0 Å². The molecule has 4 N–H and O–H groups in total. The van der Waals surface area contributed by atoms with Crippen LogP contribution in [0.3, 0.4) is 0 Å². The lowest BCUT2D eigenvalue weighted by Crippen LogP contribution is -2.55. The van der Waals surface area contributed by atoms with E-state index in [0.717, 1.165) is 12.0 Å². The number of ether oxygens (including phenoxy) is 2. The lowest BCUT2D eigenvalue weighted by atomic mass is 9.98. The Labute approximate surface area is 231 Å². The molecule has 0 aliphatic rings. The SMILES string of the molecule is CCOC(=O)CCNC(=O)C(c1ccc(CC)cc1)N(C(=O)C(CCC(N)=O)NC(=O)OC(C)(C)C)C(C)C. The molecule has 0 heterocycles. The Morgan fingerprint density at radius 3 is 2.10 bits per heavy atom. The zero-order chi connectivity index (χ0) is 29.8. The second-order valence-electron chi connectivity index (χ2n) is 10.4. The fourth-order valence-corrected chi connectivity index (χ4v) is 3.85. The van der Waals surface area contributed by atoms with E-state index >= 15 is 0 Å². The summed E-state index contributed by atoms with van der Waals surface area (Å²) in [5.74, 6) is -2.18. The summed E-state index contributed by atoms with van der Waals surface area (Å²) in [4.78, 5) is 64.8. The third-order valence-electron chi connectivity index (χ3n) is 5.64. The lowest BCUT2D eigenvalue weighted by molar-refractivity contribution is -0.146. The van der Waals surface area contributed by atoms with Crippen molar-refractivity contribution in [3.05, 3.63) is 35.4 Å². The predicted octanol–water partition coefficient (Wildman–Crippen LogP) is 2.76. The topological polar surface area (TPSA) is 157 Å². The first kappa shape index (κ1) is 33.4. The molecule has 0 radical (unpaired) electrons. The first-order valence-corrected chi connectivity index (χ1v) is 13.3. The zero-order valence-electron chi connectivity index (χ0n) is 24.2. The molecule has 4 amide bonds. The third kappa shape index (κ3) is 11.7. The van der Waals surface area contributed by atoms with Crippen LogP contribution in [0.2, 0.25) is 0 Å². The highest BCUT2D eigenvalue weighted by Crippen LogP contribution is 2.26. The van der Waals surface area contributed by atoms with Crippen LogP contribution in [0, 0.1) is 0 Å². The third-order valence-corrected chi connectivity index (χ3v) is 5.64. The first-order chi connectivity index (χ1) is 18.2. The molecule has 0 saturated heterocycles. The van der Waals surface area contributed by atoms with Crippen molar-refractivity contribution in [1.29, 1.82) is 0 Å². The first-order valence-electron chi connectivity index (χ1n) is 13.3. The number of nitrogens with zero attached hydrogens (tertiary/aromatic N) is 1. The summed E-state index contributed by atoms with van der Waals surface area (Å²) in [5.41, 5.74) is 6.11. The molecular formula is C28H44N4O7. The molecule has 39 heavy (non-hydrogen) atoms.